The fourth-order valence-corrected chi connectivity index (χ4v) is 4.17. The summed E-state index contributed by atoms with van der Waals surface area (Å²) < 4.78 is 0. The minimum absolute atomic E-state index is 0.0429. The number of amides is 2. The molecule has 2 heterocycles. The summed E-state index contributed by atoms with van der Waals surface area (Å²) in [5.74, 6) is -0.143. The summed E-state index contributed by atoms with van der Waals surface area (Å²) in [5.41, 5.74) is 4.61. The van der Waals surface area contributed by atoms with E-state index in [0.717, 1.165) is 31.6 Å². The molecule has 2 aromatic carbocycles. The van der Waals surface area contributed by atoms with E-state index in [1.54, 1.807) is 4.90 Å². The third kappa shape index (κ3) is 3.88. The van der Waals surface area contributed by atoms with Crippen molar-refractivity contribution in [2.75, 3.05) is 42.5 Å². The highest BCUT2D eigenvalue weighted by Gasteiger charge is 2.27. The molecular formula is C23H27N3O2. The molecule has 0 spiro atoms. The Hall–Kier alpha value is -2.82. The summed E-state index contributed by atoms with van der Waals surface area (Å²) in [6, 6.07) is 16.5. The fraction of sp³-hybridized carbons (Fsp3) is 0.391. The molecule has 146 valence electrons. The Morgan fingerprint density at radius 3 is 2.46 bits per heavy atom. The van der Waals surface area contributed by atoms with E-state index >= 15 is 0 Å². The van der Waals surface area contributed by atoms with Crippen LogP contribution in [-0.2, 0) is 16.0 Å². The van der Waals surface area contributed by atoms with Crippen molar-refractivity contribution < 1.29 is 9.59 Å². The van der Waals surface area contributed by atoms with Crippen LogP contribution in [0.2, 0.25) is 0 Å². The van der Waals surface area contributed by atoms with Crippen molar-refractivity contribution in [2.24, 2.45) is 0 Å². The average Bonchev–Trinajstić information content (AvgIpc) is 2.73. The van der Waals surface area contributed by atoms with E-state index in [2.05, 4.69) is 42.2 Å². The molecule has 0 unspecified atom stereocenters. The van der Waals surface area contributed by atoms with E-state index in [4.69, 9.17) is 0 Å². The molecular weight excluding hydrogens is 350 g/mol. The molecule has 0 atom stereocenters. The first-order valence-corrected chi connectivity index (χ1v) is 10.1. The van der Waals surface area contributed by atoms with Crippen LogP contribution in [-0.4, -0.2) is 49.4 Å². The molecule has 2 aliphatic heterocycles. The smallest absolute Gasteiger partial charge is 0.236 e. The second kappa shape index (κ2) is 8.05. The molecule has 4 rings (SSSR count). The number of aryl methyl sites for hydroxylation is 2. The van der Waals surface area contributed by atoms with E-state index in [1.165, 1.54) is 16.8 Å². The molecule has 2 aromatic rings. The Balaban J connectivity index is 1.34. The molecule has 2 amide bonds. The molecule has 0 N–H and O–H groups in total. The highest BCUT2D eigenvalue weighted by molar-refractivity contribution is 6.05. The van der Waals surface area contributed by atoms with Gasteiger partial charge in [0.2, 0.25) is 11.8 Å². The fourth-order valence-electron chi connectivity index (χ4n) is 4.17. The molecule has 0 radical (unpaired) electrons. The number of carbonyl (C=O) groups is 2. The van der Waals surface area contributed by atoms with Gasteiger partial charge in [-0.1, -0.05) is 30.3 Å². The van der Waals surface area contributed by atoms with Crippen molar-refractivity contribution in [1.29, 1.82) is 0 Å². The summed E-state index contributed by atoms with van der Waals surface area (Å²) in [6.45, 7) is 5.72. The number of rotatable bonds is 3. The Morgan fingerprint density at radius 1 is 0.893 bits per heavy atom. The molecule has 0 saturated carbocycles. The summed E-state index contributed by atoms with van der Waals surface area (Å²) in [5, 5.41) is 0. The molecule has 0 aliphatic carbocycles. The summed E-state index contributed by atoms with van der Waals surface area (Å²) in [6.07, 6.45) is 1.90. The number of benzene rings is 2. The lowest BCUT2D eigenvalue weighted by molar-refractivity contribution is -0.135. The number of anilines is 2. The maximum Gasteiger partial charge on any atom is 0.236 e. The number of hydrogen-bond acceptors (Lipinski definition) is 3. The lowest BCUT2D eigenvalue weighted by Crippen LogP contribution is -2.50. The highest BCUT2D eigenvalue weighted by atomic mass is 16.2. The van der Waals surface area contributed by atoms with Crippen LogP contribution in [0.25, 0.3) is 0 Å². The molecule has 1 saturated heterocycles. The summed E-state index contributed by atoms with van der Waals surface area (Å²) in [4.78, 5) is 31.5. The summed E-state index contributed by atoms with van der Waals surface area (Å²) in [7, 11) is 0. The van der Waals surface area contributed by atoms with Gasteiger partial charge >= 0.3 is 0 Å². The van der Waals surface area contributed by atoms with Crippen LogP contribution >= 0.6 is 0 Å². The van der Waals surface area contributed by atoms with Crippen LogP contribution in [0.1, 0.15) is 24.0 Å². The number of hydrogen-bond donors (Lipinski definition) is 0. The van der Waals surface area contributed by atoms with Gasteiger partial charge in [-0.3, -0.25) is 9.59 Å². The van der Waals surface area contributed by atoms with E-state index in [-0.39, 0.29) is 18.2 Å². The van der Waals surface area contributed by atoms with Crippen molar-refractivity contribution in [3.63, 3.8) is 0 Å². The number of carbonyl (C=O) groups excluding carboxylic acids is 2. The number of para-hydroxylation sites is 1. The van der Waals surface area contributed by atoms with Gasteiger partial charge in [-0.15, -0.1) is 0 Å². The van der Waals surface area contributed by atoms with Crippen molar-refractivity contribution >= 4 is 23.2 Å². The summed E-state index contributed by atoms with van der Waals surface area (Å²) >= 11 is 0. The minimum atomic E-state index is -0.0849. The van der Waals surface area contributed by atoms with E-state index in [9.17, 15) is 9.59 Å². The first-order chi connectivity index (χ1) is 13.6. The van der Waals surface area contributed by atoms with Gasteiger partial charge in [0.15, 0.2) is 0 Å². The predicted molar refractivity (Wildman–Crippen MR) is 112 cm³/mol. The molecule has 0 aromatic heterocycles. The minimum Gasteiger partial charge on any atom is -0.368 e. The van der Waals surface area contributed by atoms with Gasteiger partial charge in [0, 0.05) is 44.1 Å². The number of piperazine rings is 1. The van der Waals surface area contributed by atoms with E-state index in [0.29, 0.717) is 19.6 Å². The van der Waals surface area contributed by atoms with Crippen molar-refractivity contribution in [3.05, 3.63) is 59.7 Å². The maximum atomic E-state index is 12.8. The second-order valence-corrected chi connectivity index (χ2v) is 7.66. The highest BCUT2D eigenvalue weighted by Crippen LogP contribution is 2.27. The predicted octanol–water partition coefficient (Wildman–Crippen LogP) is 3.01. The third-order valence-electron chi connectivity index (χ3n) is 5.71. The third-order valence-corrected chi connectivity index (χ3v) is 5.71. The van der Waals surface area contributed by atoms with Gasteiger partial charge in [-0.05, 0) is 49.1 Å². The molecule has 0 bridgehead atoms. The quantitative estimate of drug-likeness (QED) is 0.773. The Labute approximate surface area is 166 Å². The molecule has 28 heavy (non-hydrogen) atoms. The van der Waals surface area contributed by atoms with Crippen LogP contribution < -0.4 is 9.80 Å². The van der Waals surface area contributed by atoms with Gasteiger partial charge in [-0.25, -0.2) is 0 Å². The van der Waals surface area contributed by atoms with Crippen molar-refractivity contribution in [3.8, 4) is 0 Å². The zero-order valence-corrected chi connectivity index (χ0v) is 16.4. The number of nitrogens with zero attached hydrogens (tertiary/aromatic N) is 3. The Bertz CT molecular complexity index is 872. The van der Waals surface area contributed by atoms with E-state index < -0.39 is 0 Å². The largest absolute Gasteiger partial charge is 0.368 e. The van der Waals surface area contributed by atoms with Gasteiger partial charge in [0.25, 0.3) is 0 Å². The second-order valence-electron chi connectivity index (χ2n) is 7.66. The molecule has 1 fully saturated rings. The van der Waals surface area contributed by atoms with Crippen LogP contribution in [0.3, 0.4) is 0 Å². The monoisotopic (exact) mass is 377 g/mol. The first kappa shape index (κ1) is 18.5. The lowest BCUT2D eigenvalue weighted by atomic mass is 10.0. The van der Waals surface area contributed by atoms with E-state index in [1.807, 2.05) is 23.1 Å². The average molecular weight is 377 g/mol. The Kier molecular flexibility index (Phi) is 5.33. The van der Waals surface area contributed by atoms with Crippen LogP contribution in [0.5, 0.6) is 0 Å². The van der Waals surface area contributed by atoms with Crippen molar-refractivity contribution in [2.45, 2.75) is 26.2 Å². The topological polar surface area (TPSA) is 43.9 Å². The number of fused-ring (bicyclic) bond motifs is 1. The van der Waals surface area contributed by atoms with Crippen molar-refractivity contribution in [1.82, 2.24) is 4.90 Å². The van der Waals surface area contributed by atoms with Crippen LogP contribution in [0.4, 0.5) is 11.4 Å². The van der Waals surface area contributed by atoms with Crippen LogP contribution in [0, 0.1) is 6.92 Å². The SMILES string of the molecule is Cc1cccc(N2CCN(C(=O)CC(=O)N3CCCc4ccccc43)CC2)c1. The van der Waals surface area contributed by atoms with Gasteiger partial charge in [-0.2, -0.15) is 0 Å². The van der Waals surface area contributed by atoms with Gasteiger partial charge < -0.3 is 14.7 Å². The zero-order chi connectivity index (χ0) is 19.5. The van der Waals surface area contributed by atoms with Crippen LogP contribution in [0.15, 0.2) is 48.5 Å². The molecule has 2 aliphatic rings. The molecule has 5 heteroatoms. The zero-order valence-electron chi connectivity index (χ0n) is 16.4. The Morgan fingerprint density at radius 2 is 1.68 bits per heavy atom. The first-order valence-electron chi connectivity index (χ1n) is 10.1. The molecule has 5 nitrogen and oxygen atoms in total. The lowest BCUT2D eigenvalue weighted by Gasteiger charge is -2.36. The van der Waals surface area contributed by atoms with Gasteiger partial charge in [0.1, 0.15) is 6.42 Å². The van der Waals surface area contributed by atoms with Gasteiger partial charge in [0.05, 0.1) is 0 Å². The maximum absolute atomic E-state index is 12.8. The standard InChI is InChI=1S/C23H27N3O2/c1-18-6-4-9-20(16-18)24-12-14-25(15-13-24)22(27)17-23(28)26-11-5-8-19-7-2-3-10-21(19)26/h2-4,6-7,9-10,16H,5,8,11-15,17H2,1H3. The normalized spacial score (nSPS) is 16.7.